The Balaban J connectivity index is 1.57. The Hall–Kier alpha value is -2.12. The molecular formula is C16H20ClN5O2. The zero-order valence-electron chi connectivity index (χ0n) is 13.2. The van der Waals surface area contributed by atoms with Gasteiger partial charge < -0.3 is 10.4 Å². The van der Waals surface area contributed by atoms with Crippen LogP contribution in [-0.4, -0.2) is 39.1 Å². The summed E-state index contributed by atoms with van der Waals surface area (Å²) in [5.41, 5.74) is 0.0485. The first-order valence-electron chi connectivity index (χ1n) is 7.94. The van der Waals surface area contributed by atoms with Crippen molar-refractivity contribution in [3.8, 4) is 5.82 Å². The van der Waals surface area contributed by atoms with E-state index < -0.39 is 0 Å². The predicted molar refractivity (Wildman–Crippen MR) is 91.4 cm³/mol. The molecule has 0 atom stereocenters. The van der Waals surface area contributed by atoms with E-state index in [0.717, 1.165) is 25.7 Å². The van der Waals surface area contributed by atoms with Crippen LogP contribution in [0, 0.1) is 5.41 Å². The van der Waals surface area contributed by atoms with E-state index in [1.807, 2.05) is 0 Å². The van der Waals surface area contributed by atoms with Crippen molar-refractivity contribution < 1.29 is 9.90 Å². The van der Waals surface area contributed by atoms with Crippen LogP contribution in [0.3, 0.4) is 0 Å². The van der Waals surface area contributed by atoms with Crippen molar-refractivity contribution >= 4 is 23.4 Å². The lowest BCUT2D eigenvalue weighted by Crippen LogP contribution is -2.44. The summed E-state index contributed by atoms with van der Waals surface area (Å²) in [6.07, 6.45) is 7.27. The summed E-state index contributed by atoms with van der Waals surface area (Å²) in [5, 5.41) is 19.4. The largest absolute Gasteiger partial charge is 0.396 e. The summed E-state index contributed by atoms with van der Waals surface area (Å²) in [5.74, 6) is 0.919. The number of rotatable bonds is 6. The van der Waals surface area contributed by atoms with Crippen LogP contribution < -0.4 is 10.6 Å². The SMILES string of the molecule is O=C(NCC1(CCO)CCC1)Nc1ccn(-c2ncccc2Cl)n1. The normalized spacial score (nSPS) is 15.6. The minimum atomic E-state index is -0.309. The van der Waals surface area contributed by atoms with Crippen molar-refractivity contribution in [1.29, 1.82) is 0 Å². The Bertz CT molecular complexity index is 714. The summed E-state index contributed by atoms with van der Waals surface area (Å²) < 4.78 is 1.51. The maximum atomic E-state index is 12.0. The number of hydrogen-bond acceptors (Lipinski definition) is 4. The van der Waals surface area contributed by atoms with Gasteiger partial charge in [0.25, 0.3) is 0 Å². The third-order valence-electron chi connectivity index (χ3n) is 4.47. The molecule has 2 aromatic rings. The van der Waals surface area contributed by atoms with E-state index in [9.17, 15) is 4.79 Å². The maximum Gasteiger partial charge on any atom is 0.320 e. The molecule has 1 fully saturated rings. The molecule has 0 spiro atoms. The highest BCUT2D eigenvalue weighted by atomic mass is 35.5. The number of pyridine rings is 1. The molecule has 0 saturated heterocycles. The Morgan fingerprint density at radius 3 is 2.92 bits per heavy atom. The fourth-order valence-electron chi connectivity index (χ4n) is 2.91. The van der Waals surface area contributed by atoms with Gasteiger partial charge in [0.2, 0.25) is 0 Å². The lowest BCUT2D eigenvalue weighted by molar-refractivity contribution is 0.0892. The minimum Gasteiger partial charge on any atom is -0.396 e. The van der Waals surface area contributed by atoms with Crippen LogP contribution in [0.5, 0.6) is 0 Å². The highest BCUT2D eigenvalue weighted by Crippen LogP contribution is 2.43. The highest BCUT2D eigenvalue weighted by Gasteiger charge is 2.36. The van der Waals surface area contributed by atoms with Gasteiger partial charge in [-0.1, -0.05) is 18.0 Å². The summed E-state index contributed by atoms with van der Waals surface area (Å²) in [6, 6.07) is 4.84. The summed E-state index contributed by atoms with van der Waals surface area (Å²) in [6.45, 7) is 0.713. The van der Waals surface area contributed by atoms with Gasteiger partial charge in [-0.25, -0.2) is 14.5 Å². The second-order valence-electron chi connectivity index (χ2n) is 6.09. The average Bonchev–Trinajstić information content (AvgIpc) is 2.98. The van der Waals surface area contributed by atoms with Crippen molar-refractivity contribution in [3.05, 3.63) is 35.6 Å². The van der Waals surface area contributed by atoms with E-state index in [1.54, 1.807) is 30.6 Å². The monoisotopic (exact) mass is 349 g/mol. The van der Waals surface area contributed by atoms with Crippen LogP contribution in [0.4, 0.5) is 10.6 Å². The summed E-state index contributed by atoms with van der Waals surface area (Å²) in [4.78, 5) is 16.2. The zero-order valence-corrected chi connectivity index (χ0v) is 14.0. The number of amides is 2. The molecule has 2 amide bonds. The Morgan fingerprint density at radius 2 is 2.25 bits per heavy atom. The second kappa shape index (κ2) is 7.19. The maximum absolute atomic E-state index is 12.0. The Labute approximate surface area is 145 Å². The third kappa shape index (κ3) is 3.68. The molecule has 0 radical (unpaired) electrons. The van der Waals surface area contributed by atoms with Gasteiger partial charge in [-0.2, -0.15) is 0 Å². The van der Waals surface area contributed by atoms with Crippen molar-refractivity contribution in [2.45, 2.75) is 25.7 Å². The third-order valence-corrected chi connectivity index (χ3v) is 4.76. The quantitative estimate of drug-likeness (QED) is 0.747. The zero-order chi connectivity index (χ0) is 17.0. The molecular weight excluding hydrogens is 330 g/mol. The van der Waals surface area contributed by atoms with Crippen LogP contribution in [0.1, 0.15) is 25.7 Å². The molecule has 24 heavy (non-hydrogen) atoms. The average molecular weight is 350 g/mol. The van der Waals surface area contributed by atoms with Gasteiger partial charge >= 0.3 is 6.03 Å². The van der Waals surface area contributed by atoms with Crippen LogP contribution in [0.15, 0.2) is 30.6 Å². The molecule has 0 aliphatic heterocycles. The summed E-state index contributed by atoms with van der Waals surface area (Å²) >= 11 is 6.08. The topological polar surface area (TPSA) is 92.1 Å². The number of nitrogens with one attached hydrogen (secondary N) is 2. The molecule has 8 heteroatoms. The first kappa shape index (κ1) is 16.7. The van der Waals surface area contributed by atoms with Gasteiger partial charge in [-0.15, -0.1) is 5.10 Å². The highest BCUT2D eigenvalue weighted by molar-refractivity contribution is 6.32. The molecule has 1 aliphatic carbocycles. The van der Waals surface area contributed by atoms with Gasteiger partial charge in [-0.05, 0) is 36.8 Å². The molecule has 2 aromatic heterocycles. The molecule has 1 saturated carbocycles. The van der Waals surface area contributed by atoms with Gasteiger partial charge in [0, 0.05) is 31.6 Å². The Morgan fingerprint density at radius 1 is 1.42 bits per heavy atom. The van der Waals surface area contributed by atoms with Gasteiger partial charge in [-0.3, -0.25) is 5.32 Å². The van der Waals surface area contributed by atoms with Crippen molar-refractivity contribution in [1.82, 2.24) is 20.1 Å². The number of anilines is 1. The van der Waals surface area contributed by atoms with Crippen molar-refractivity contribution in [3.63, 3.8) is 0 Å². The van der Waals surface area contributed by atoms with Crippen molar-refractivity contribution in [2.24, 2.45) is 5.41 Å². The van der Waals surface area contributed by atoms with Gasteiger partial charge in [0.05, 0.1) is 5.02 Å². The van der Waals surface area contributed by atoms with Crippen LogP contribution in [-0.2, 0) is 0 Å². The number of aromatic nitrogens is 3. The molecule has 1 aliphatic rings. The van der Waals surface area contributed by atoms with Gasteiger partial charge in [0.1, 0.15) is 0 Å². The first-order valence-corrected chi connectivity index (χ1v) is 8.32. The lowest BCUT2D eigenvalue weighted by Gasteiger charge is -2.41. The number of nitrogens with zero attached hydrogens (tertiary/aromatic N) is 3. The molecule has 128 valence electrons. The fourth-order valence-corrected chi connectivity index (χ4v) is 3.12. The standard InChI is InChI=1S/C16H20ClN5O2/c17-12-3-1-8-18-14(12)22-9-4-13(21-22)20-15(24)19-11-16(7-10-23)5-2-6-16/h1,3-4,8-9,23H,2,5-7,10-11H2,(H2,19,20,21,24). The number of aliphatic hydroxyl groups excluding tert-OH is 1. The molecule has 0 unspecified atom stereocenters. The van der Waals surface area contributed by atoms with E-state index in [0.29, 0.717) is 23.2 Å². The first-order chi connectivity index (χ1) is 11.6. The smallest absolute Gasteiger partial charge is 0.320 e. The Kier molecular flexibility index (Phi) is 5.01. The van der Waals surface area contributed by atoms with Crippen LogP contribution in [0.25, 0.3) is 5.82 Å². The molecule has 0 aromatic carbocycles. The number of urea groups is 1. The fraction of sp³-hybridized carbons (Fsp3) is 0.438. The van der Waals surface area contributed by atoms with E-state index in [2.05, 4.69) is 20.7 Å². The number of aliphatic hydroxyl groups is 1. The number of hydrogen-bond donors (Lipinski definition) is 3. The molecule has 7 nitrogen and oxygen atoms in total. The van der Waals surface area contributed by atoms with E-state index >= 15 is 0 Å². The summed E-state index contributed by atoms with van der Waals surface area (Å²) in [7, 11) is 0. The van der Waals surface area contributed by atoms with E-state index in [-0.39, 0.29) is 18.1 Å². The van der Waals surface area contributed by atoms with E-state index in [4.69, 9.17) is 16.7 Å². The minimum absolute atomic E-state index is 0.0485. The van der Waals surface area contributed by atoms with E-state index in [1.165, 1.54) is 4.68 Å². The van der Waals surface area contributed by atoms with Crippen LogP contribution >= 0.6 is 11.6 Å². The number of carbonyl (C=O) groups excluding carboxylic acids is 1. The second-order valence-corrected chi connectivity index (χ2v) is 6.50. The molecule has 0 bridgehead atoms. The predicted octanol–water partition coefficient (Wildman–Crippen LogP) is 2.59. The number of halogens is 1. The number of carbonyl (C=O) groups is 1. The van der Waals surface area contributed by atoms with Crippen LogP contribution in [0.2, 0.25) is 5.02 Å². The molecule has 3 N–H and O–H groups in total. The lowest BCUT2D eigenvalue weighted by atomic mass is 9.67. The van der Waals surface area contributed by atoms with Crippen molar-refractivity contribution in [2.75, 3.05) is 18.5 Å². The van der Waals surface area contributed by atoms with Gasteiger partial charge in [0.15, 0.2) is 11.6 Å². The molecule has 3 rings (SSSR count). The molecule has 2 heterocycles.